The molecule has 1 aromatic carbocycles. The van der Waals surface area contributed by atoms with E-state index in [9.17, 15) is 0 Å². The van der Waals surface area contributed by atoms with Gasteiger partial charge in [0.2, 0.25) is 0 Å². The normalized spacial score (nSPS) is 16.3. The van der Waals surface area contributed by atoms with Gasteiger partial charge >= 0.3 is 0 Å². The summed E-state index contributed by atoms with van der Waals surface area (Å²) in [7, 11) is 0. The van der Waals surface area contributed by atoms with Gasteiger partial charge in [-0.15, -0.1) is 15.3 Å². The van der Waals surface area contributed by atoms with Gasteiger partial charge in [-0.2, -0.15) is 5.10 Å². The fraction of sp³-hybridized carbons (Fsp3) is 0.318. The Hall–Kier alpha value is -3.13. The molecule has 0 aliphatic heterocycles. The Balaban J connectivity index is 1.27. The smallest absolute Gasteiger partial charge is 0.156 e. The van der Waals surface area contributed by atoms with Crippen LogP contribution < -0.4 is 10.6 Å². The van der Waals surface area contributed by atoms with Gasteiger partial charge in [-0.05, 0) is 49.9 Å². The first-order chi connectivity index (χ1) is 14.8. The zero-order valence-corrected chi connectivity index (χ0v) is 17.4. The molecule has 2 saturated carbocycles. The van der Waals surface area contributed by atoms with Crippen molar-refractivity contribution in [2.24, 2.45) is 10.2 Å². The van der Waals surface area contributed by atoms with E-state index in [0.717, 1.165) is 38.4 Å². The summed E-state index contributed by atoms with van der Waals surface area (Å²) in [5.74, 6) is 1.39. The summed E-state index contributed by atoms with van der Waals surface area (Å²) >= 11 is 1.69. The van der Waals surface area contributed by atoms with Crippen LogP contribution in [0.3, 0.4) is 0 Å². The fourth-order valence-electron chi connectivity index (χ4n) is 3.19. The molecule has 0 radical (unpaired) electrons. The Morgan fingerprint density at radius 1 is 1.13 bits per heavy atom. The minimum Gasteiger partial charge on any atom is -0.379 e. The van der Waals surface area contributed by atoms with E-state index in [2.05, 4.69) is 54.9 Å². The Labute approximate surface area is 179 Å². The third kappa shape index (κ3) is 4.54. The summed E-state index contributed by atoms with van der Waals surface area (Å²) in [6, 6.07) is 12.7. The first-order valence-corrected chi connectivity index (χ1v) is 11.0. The largest absolute Gasteiger partial charge is 0.379 e. The number of hydrogen-bond donors (Lipinski definition) is 2. The van der Waals surface area contributed by atoms with Crippen LogP contribution in [0.1, 0.15) is 47.9 Å². The highest BCUT2D eigenvalue weighted by atomic mass is 32.1. The van der Waals surface area contributed by atoms with Crippen LogP contribution in [-0.2, 0) is 6.54 Å². The highest BCUT2D eigenvalue weighted by Gasteiger charge is 2.27. The predicted octanol–water partition coefficient (Wildman–Crippen LogP) is 4.20. The van der Waals surface area contributed by atoms with Crippen molar-refractivity contribution in [1.82, 2.24) is 20.5 Å². The number of aromatic nitrogens is 3. The van der Waals surface area contributed by atoms with Crippen molar-refractivity contribution in [3.63, 3.8) is 0 Å². The lowest BCUT2D eigenvalue weighted by molar-refractivity contribution is 0.900. The Morgan fingerprint density at radius 2 is 2.03 bits per heavy atom. The summed E-state index contributed by atoms with van der Waals surface area (Å²) in [6.07, 6.45) is 6.66. The van der Waals surface area contributed by atoms with Gasteiger partial charge in [0.25, 0.3) is 0 Å². The van der Waals surface area contributed by atoms with Crippen molar-refractivity contribution < 1.29 is 0 Å². The number of benzene rings is 1. The van der Waals surface area contributed by atoms with Gasteiger partial charge in [-0.25, -0.2) is 0 Å². The number of anilines is 1. The molecule has 8 heteroatoms. The SMILES string of the molecule is C=NN=C(NC1CC1)c1cccc(NCc2cc(-c3nnc(C4CC4)s3)ccn2)c1. The van der Waals surface area contributed by atoms with Crippen molar-refractivity contribution in [3.8, 4) is 10.6 Å². The van der Waals surface area contributed by atoms with E-state index in [1.165, 1.54) is 25.7 Å². The molecule has 2 heterocycles. The quantitative estimate of drug-likeness (QED) is 0.326. The summed E-state index contributed by atoms with van der Waals surface area (Å²) in [5.41, 5.74) is 4.02. The van der Waals surface area contributed by atoms with Gasteiger partial charge in [-0.3, -0.25) is 4.98 Å². The second kappa shape index (κ2) is 8.31. The molecule has 3 aromatic rings. The molecular weight excluding hydrogens is 394 g/mol. The number of hydrogen-bond acceptors (Lipinski definition) is 7. The predicted molar refractivity (Wildman–Crippen MR) is 121 cm³/mol. The van der Waals surface area contributed by atoms with Crippen LogP contribution >= 0.6 is 11.3 Å². The van der Waals surface area contributed by atoms with Crippen molar-refractivity contribution >= 4 is 29.6 Å². The molecule has 0 unspecified atom stereocenters. The highest BCUT2D eigenvalue weighted by Crippen LogP contribution is 2.42. The van der Waals surface area contributed by atoms with Crippen LogP contribution in [0.25, 0.3) is 10.6 Å². The molecule has 2 aliphatic rings. The summed E-state index contributed by atoms with van der Waals surface area (Å²) in [4.78, 5) is 4.50. The van der Waals surface area contributed by atoms with E-state index in [-0.39, 0.29) is 0 Å². The second-order valence-corrected chi connectivity index (χ2v) is 8.71. The zero-order valence-electron chi connectivity index (χ0n) is 16.6. The van der Waals surface area contributed by atoms with Gasteiger partial charge in [0.05, 0.1) is 12.2 Å². The van der Waals surface area contributed by atoms with E-state index in [4.69, 9.17) is 0 Å². The molecule has 2 fully saturated rings. The molecule has 0 amide bonds. The third-order valence-corrected chi connectivity index (χ3v) is 6.26. The molecule has 2 aromatic heterocycles. The first kappa shape index (κ1) is 18.9. The molecule has 0 saturated heterocycles. The lowest BCUT2D eigenvalue weighted by Crippen LogP contribution is -2.26. The molecule has 2 aliphatic carbocycles. The van der Waals surface area contributed by atoms with Crippen LogP contribution in [0.4, 0.5) is 5.69 Å². The van der Waals surface area contributed by atoms with Crippen molar-refractivity contribution in [2.75, 3.05) is 5.32 Å². The van der Waals surface area contributed by atoms with E-state index in [1.807, 2.05) is 30.5 Å². The lowest BCUT2D eigenvalue weighted by Gasteiger charge is -2.11. The topological polar surface area (TPSA) is 87.5 Å². The fourth-order valence-corrected chi connectivity index (χ4v) is 4.19. The van der Waals surface area contributed by atoms with Crippen LogP contribution in [0.5, 0.6) is 0 Å². The Kier molecular flexibility index (Phi) is 5.23. The standard InChI is InChI=1S/C22H23N7S/c1-23-27-20(26-17-7-8-17)15-3-2-4-18(11-15)25-13-19-12-16(9-10-24-19)22-29-28-21(30-22)14-5-6-14/h2-4,9-12,14,17,25H,1,5-8,13H2,(H,26,27). The average Bonchev–Trinajstić information content (AvgIpc) is 3.72. The Morgan fingerprint density at radius 3 is 2.83 bits per heavy atom. The number of amidine groups is 1. The zero-order chi connectivity index (χ0) is 20.3. The summed E-state index contributed by atoms with van der Waals surface area (Å²) < 4.78 is 0. The van der Waals surface area contributed by atoms with E-state index < -0.39 is 0 Å². The van der Waals surface area contributed by atoms with Gasteiger partial charge < -0.3 is 10.6 Å². The molecule has 7 nitrogen and oxygen atoms in total. The minimum absolute atomic E-state index is 0.495. The number of rotatable bonds is 8. The molecule has 5 rings (SSSR count). The number of nitrogens with one attached hydrogen (secondary N) is 2. The van der Waals surface area contributed by atoms with Crippen molar-refractivity contribution in [3.05, 3.63) is 58.9 Å². The maximum absolute atomic E-state index is 4.50. The summed E-state index contributed by atoms with van der Waals surface area (Å²) in [6.45, 7) is 4.11. The van der Waals surface area contributed by atoms with Gasteiger partial charge in [0.15, 0.2) is 5.84 Å². The van der Waals surface area contributed by atoms with Crippen molar-refractivity contribution in [2.45, 2.75) is 44.2 Å². The maximum Gasteiger partial charge on any atom is 0.156 e. The van der Waals surface area contributed by atoms with E-state index >= 15 is 0 Å². The molecule has 30 heavy (non-hydrogen) atoms. The van der Waals surface area contributed by atoms with E-state index in [1.54, 1.807) is 11.3 Å². The number of nitrogens with zero attached hydrogens (tertiary/aromatic N) is 5. The highest BCUT2D eigenvalue weighted by molar-refractivity contribution is 7.14. The first-order valence-electron chi connectivity index (χ1n) is 10.2. The lowest BCUT2D eigenvalue weighted by atomic mass is 10.1. The average molecular weight is 418 g/mol. The summed E-state index contributed by atoms with van der Waals surface area (Å²) in [5, 5.41) is 25.6. The molecule has 0 atom stereocenters. The molecule has 152 valence electrons. The van der Waals surface area contributed by atoms with Gasteiger partial charge in [0.1, 0.15) is 10.0 Å². The van der Waals surface area contributed by atoms with Crippen LogP contribution in [0, 0.1) is 0 Å². The van der Waals surface area contributed by atoms with Crippen LogP contribution in [0.2, 0.25) is 0 Å². The molecule has 0 bridgehead atoms. The number of pyridine rings is 1. The molecule has 0 spiro atoms. The monoisotopic (exact) mass is 417 g/mol. The van der Waals surface area contributed by atoms with Crippen LogP contribution in [-0.4, -0.2) is 33.8 Å². The van der Waals surface area contributed by atoms with Gasteiger partial charge in [0, 0.05) is 41.7 Å². The van der Waals surface area contributed by atoms with Gasteiger partial charge in [-0.1, -0.05) is 23.5 Å². The Bertz CT molecular complexity index is 1080. The van der Waals surface area contributed by atoms with Crippen molar-refractivity contribution in [1.29, 1.82) is 0 Å². The minimum atomic E-state index is 0.495. The maximum atomic E-state index is 4.50. The third-order valence-electron chi connectivity index (χ3n) is 5.13. The molecular formula is C22H23N7S. The van der Waals surface area contributed by atoms with E-state index in [0.29, 0.717) is 18.5 Å². The molecule has 2 N–H and O–H groups in total. The second-order valence-electron chi connectivity index (χ2n) is 7.70. The van der Waals surface area contributed by atoms with Crippen LogP contribution in [0.15, 0.2) is 52.8 Å².